The Morgan fingerprint density at radius 1 is 1.38 bits per heavy atom. The number of rotatable bonds is 6. The average Bonchev–Trinajstić information content (AvgIpc) is 2.24. The second kappa shape index (κ2) is 6.80. The Morgan fingerprint density at radius 3 is 2.38 bits per heavy atom. The Bertz CT molecular complexity index is 626. The summed E-state index contributed by atoms with van der Waals surface area (Å²) >= 11 is 2.76. The monoisotopic (exact) mass is 385 g/mol. The standard InChI is InChI=1S/C12H14BrF2NO4S/c1-6(2)3-10(12(17)18)16-21(19,20)11-8(13)4-7(14)5-9(11)15/h4-6,10,16H,3H2,1-2H3,(H,17,18)/t10-/m0/s1. The Hall–Kier alpha value is -1.06. The van der Waals surface area contributed by atoms with Crippen molar-refractivity contribution in [3.05, 3.63) is 28.2 Å². The van der Waals surface area contributed by atoms with Crippen LogP contribution in [0.2, 0.25) is 0 Å². The van der Waals surface area contributed by atoms with Crippen molar-refractivity contribution in [2.24, 2.45) is 5.92 Å². The van der Waals surface area contributed by atoms with Gasteiger partial charge >= 0.3 is 5.97 Å². The predicted molar refractivity (Wildman–Crippen MR) is 75.3 cm³/mol. The molecule has 0 saturated carbocycles. The van der Waals surface area contributed by atoms with Crippen LogP contribution >= 0.6 is 15.9 Å². The lowest BCUT2D eigenvalue weighted by Gasteiger charge is -2.17. The van der Waals surface area contributed by atoms with Gasteiger partial charge in [0.2, 0.25) is 10.0 Å². The first kappa shape index (κ1) is 18.0. The third-order valence-electron chi connectivity index (χ3n) is 2.53. The summed E-state index contributed by atoms with van der Waals surface area (Å²) in [5.41, 5.74) is 0. The largest absolute Gasteiger partial charge is 0.480 e. The van der Waals surface area contributed by atoms with Crippen molar-refractivity contribution in [2.45, 2.75) is 31.2 Å². The third-order valence-corrected chi connectivity index (χ3v) is 4.97. The van der Waals surface area contributed by atoms with Gasteiger partial charge in [-0.15, -0.1) is 0 Å². The number of hydrogen-bond acceptors (Lipinski definition) is 3. The van der Waals surface area contributed by atoms with E-state index in [1.54, 1.807) is 13.8 Å². The molecule has 21 heavy (non-hydrogen) atoms. The first-order valence-corrected chi connectivity index (χ1v) is 8.22. The van der Waals surface area contributed by atoms with Gasteiger partial charge in [0.1, 0.15) is 22.6 Å². The van der Waals surface area contributed by atoms with Gasteiger partial charge in [0.05, 0.1) is 0 Å². The first-order chi connectivity index (χ1) is 9.54. The van der Waals surface area contributed by atoms with Crippen molar-refractivity contribution in [3.63, 3.8) is 0 Å². The van der Waals surface area contributed by atoms with E-state index in [1.807, 2.05) is 4.72 Å². The maximum atomic E-state index is 13.7. The number of sulfonamides is 1. The molecule has 0 spiro atoms. The van der Waals surface area contributed by atoms with Crippen LogP contribution in [0.4, 0.5) is 8.78 Å². The maximum absolute atomic E-state index is 13.7. The normalized spacial score (nSPS) is 13.4. The molecule has 0 unspecified atom stereocenters. The van der Waals surface area contributed by atoms with Gasteiger partial charge in [0, 0.05) is 10.5 Å². The molecule has 0 aromatic heterocycles. The van der Waals surface area contributed by atoms with E-state index in [4.69, 9.17) is 5.11 Å². The minimum absolute atomic E-state index is 0.0367. The molecule has 1 rings (SSSR count). The van der Waals surface area contributed by atoms with Crippen molar-refractivity contribution in [1.82, 2.24) is 4.72 Å². The summed E-state index contributed by atoms with van der Waals surface area (Å²) in [6.07, 6.45) is 0.0367. The van der Waals surface area contributed by atoms with Gasteiger partial charge in [0.25, 0.3) is 0 Å². The van der Waals surface area contributed by atoms with E-state index >= 15 is 0 Å². The minimum Gasteiger partial charge on any atom is -0.480 e. The summed E-state index contributed by atoms with van der Waals surface area (Å²) in [6.45, 7) is 3.44. The van der Waals surface area contributed by atoms with Crippen LogP contribution in [0.15, 0.2) is 21.5 Å². The number of carboxylic acid groups (broad SMARTS) is 1. The van der Waals surface area contributed by atoms with Crippen LogP contribution < -0.4 is 4.72 Å². The lowest BCUT2D eigenvalue weighted by atomic mass is 10.1. The molecule has 0 bridgehead atoms. The molecule has 1 atom stereocenters. The second-order valence-electron chi connectivity index (χ2n) is 4.84. The quantitative estimate of drug-likeness (QED) is 0.787. The van der Waals surface area contributed by atoms with Crippen LogP contribution in [0.1, 0.15) is 20.3 Å². The highest BCUT2D eigenvalue weighted by Crippen LogP contribution is 2.26. The van der Waals surface area contributed by atoms with Gasteiger partial charge < -0.3 is 5.11 Å². The van der Waals surface area contributed by atoms with E-state index in [-0.39, 0.29) is 16.8 Å². The highest BCUT2D eigenvalue weighted by molar-refractivity contribution is 9.10. The molecule has 0 fully saturated rings. The molecule has 118 valence electrons. The molecule has 5 nitrogen and oxygen atoms in total. The van der Waals surface area contributed by atoms with Gasteiger partial charge in [-0.1, -0.05) is 13.8 Å². The zero-order valence-electron chi connectivity index (χ0n) is 11.2. The summed E-state index contributed by atoms with van der Waals surface area (Å²) in [7, 11) is -4.45. The molecule has 0 saturated heterocycles. The molecule has 1 aromatic carbocycles. The smallest absolute Gasteiger partial charge is 0.321 e. The van der Waals surface area contributed by atoms with Crippen molar-refractivity contribution >= 4 is 31.9 Å². The molecule has 0 radical (unpaired) electrons. The van der Waals surface area contributed by atoms with E-state index in [0.29, 0.717) is 6.07 Å². The van der Waals surface area contributed by atoms with E-state index in [9.17, 15) is 22.0 Å². The average molecular weight is 386 g/mol. The fourth-order valence-corrected chi connectivity index (χ4v) is 4.07. The lowest BCUT2D eigenvalue weighted by Crippen LogP contribution is -2.41. The Kier molecular flexibility index (Phi) is 5.83. The lowest BCUT2D eigenvalue weighted by molar-refractivity contribution is -0.139. The SMILES string of the molecule is CC(C)C[C@H](NS(=O)(=O)c1c(F)cc(F)cc1Br)C(=O)O. The number of aliphatic carboxylic acids is 1. The molecule has 0 heterocycles. The van der Waals surface area contributed by atoms with Gasteiger partial charge in [-0.3, -0.25) is 4.79 Å². The fourth-order valence-electron chi connectivity index (χ4n) is 1.70. The summed E-state index contributed by atoms with van der Waals surface area (Å²) in [5.74, 6) is -3.71. The third kappa shape index (κ3) is 4.72. The molecule has 0 aliphatic rings. The minimum atomic E-state index is -4.45. The second-order valence-corrected chi connectivity index (χ2v) is 7.35. The predicted octanol–water partition coefficient (Wildman–Crippen LogP) is 2.50. The number of carbonyl (C=O) groups is 1. The number of carboxylic acids is 1. The molecule has 1 aromatic rings. The summed E-state index contributed by atoms with van der Waals surface area (Å²) in [4.78, 5) is 10.3. The van der Waals surface area contributed by atoms with Crippen molar-refractivity contribution in [3.8, 4) is 0 Å². The first-order valence-electron chi connectivity index (χ1n) is 5.94. The molecule has 0 aliphatic heterocycles. The Morgan fingerprint density at radius 2 is 1.95 bits per heavy atom. The molecule has 9 heteroatoms. The van der Waals surface area contributed by atoms with Crippen LogP contribution in [0.3, 0.4) is 0 Å². The van der Waals surface area contributed by atoms with Crippen molar-refractivity contribution in [2.75, 3.05) is 0 Å². The van der Waals surface area contributed by atoms with Gasteiger partial charge in [-0.05, 0) is 34.3 Å². The Labute approximate surface area is 129 Å². The van der Waals surface area contributed by atoms with Crippen molar-refractivity contribution in [1.29, 1.82) is 0 Å². The maximum Gasteiger partial charge on any atom is 0.321 e. The van der Waals surface area contributed by atoms with Crippen LogP contribution in [0.5, 0.6) is 0 Å². The van der Waals surface area contributed by atoms with E-state index < -0.39 is 38.6 Å². The summed E-state index contributed by atoms with van der Waals surface area (Å²) < 4.78 is 52.5. The van der Waals surface area contributed by atoms with Crippen LogP contribution in [0.25, 0.3) is 0 Å². The number of halogens is 3. The van der Waals surface area contributed by atoms with Gasteiger partial charge in [-0.25, -0.2) is 17.2 Å². The van der Waals surface area contributed by atoms with Gasteiger partial charge in [-0.2, -0.15) is 4.72 Å². The van der Waals surface area contributed by atoms with E-state index in [0.717, 1.165) is 6.07 Å². The Balaban J connectivity index is 3.20. The molecule has 0 amide bonds. The molecule has 0 aliphatic carbocycles. The van der Waals surface area contributed by atoms with Crippen LogP contribution in [-0.2, 0) is 14.8 Å². The van der Waals surface area contributed by atoms with E-state index in [1.165, 1.54) is 0 Å². The summed E-state index contributed by atoms with van der Waals surface area (Å²) in [6, 6.07) is -0.195. The zero-order chi connectivity index (χ0) is 16.4. The van der Waals surface area contributed by atoms with E-state index in [2.05, 4.69) is 15.9 Å². The van der Waals surface area contributed by atoms with Crippen LogP contribution in [0, 0.1) is 17.6 Å². The molecule has 2 N–H and O–H groups in total. The molecular formula is C12H14BrF2NO4S. The number of nitrogens with one attached hydrogen (secondary N) is 1. The fraction of sp³-hybridized carbons (Fsp3) is 0.417. The topological polar surface area (TPSA) is 83.5 Å². The highest BCUT2D eigenvalue weighted by Gasteiger charge is 2.30. The highest BCUT2D eigenvalue weighted by atomic mass is 79.9. The summed E-state index contributed by atoms with van der Waals surface area (Å²) in [5, 5.41) is 9.02. The van der Waals surface area contributed by atoms with Gasteiger partial charge in [0.15, 0.2) is 0 Å². The van der Waals surface area contributed by atoms with Crippen molar-refractivity contribution < 1.29 is 27.1 Å². The number of benzene rings is 1. The van der Waals surface area contributed by atoms with Crippen LogP contribution in [-0.4, -0.2) is 25.5 Å². The molecular weight excluding hydrogens is 372 g/mol. The zero-order valence-corrected chi connectivity index (χ0v) is 13.6. The number of hydrogen-bond donors (Lipinski definition) is 2.